The lowest BCUT2D eigenvalue weighted by atomic mass is 10.00. The van der Waals surface area contributed by atoms with Crippen LogP contribution in [-0.4, -0.2) is 17.7 Å². The fourth-order valence-electron chi connectivity index (χ4n) is 1.84. The number of fused-ring (bicyclic) bond motifs is 1. The van der Waals surface area contributed by atoms with Crippen LogP contribution in [0.5, 0.6) is 0 Å². The summed E-state index contributed by atoms with van der Waals surface area (Å²) in [5.74, 6) is 0. The molecule has 0 aromatic heterocycles. The average Bonchev–Trinajstić information content (AvgIpc) is 2.28. The maximum absolute atomic E-state index is 9.94. The normalized spacial score (nSPS) is 26.2. The van der Waals surface area contributed by atoms with E-state index in [0.29, 0.717) is 0 Å². The Morgan fingerprint density at radius 3 is 3.07 bits per heavy atom. The van der Waals surface area contributed by atoms with Gasteiger partial charge in [-0.2, -0.15) is 0 Å². The standard InChI is InChI=1S/C11H16N2O/c1-7-2-3-8-10(6-7)13-5-4-9(12)11(8)14/h2-3,6,9,11,13-14H,4-5,12H2,1H3. The minimum atomic E-state index is -0.541. The first kappa shape index (κ1) is 9.49. The highest BCUT2D eigenvalue weighted by Gasteiger charge is 2.22. The quantitative estimate of drug-likeness (QED) is 0.578. The van der Waals surface area contributed by atoms with Gasteiger partial charge in [-0.15, -0.1) is 0 Å². The number of aliphatic hydroxyl groups is 1. The van der Waals surface area contributed by atoms with E-state index < -0.39 is 6.10 Å². The van der Waals surface area contributed by atoms with Crippen molar-refractivity contribution in [3.63, 3.8) is 0 Å². The van der Waals surface area contributed by atoms with Crippen molar-refractivity contribution in [2.24, 2.45) is 5.73 Å². The first-order valence-corrected chi connectivity index (χ1v) is 4.96. The number of rotatable bonds is 0. The molecule has 0 radical (unpaired) electrons. The first-order valence-electron chi connectivity index (χ1n) is 4.96. The predicted octanol–water partition coefficient (Wildman–Crippen LogP) is 1.17. The number of nitrogens with one attached hydrogen (secondary N) is 1. The molecule has 0 fully saturated rings. The van der Waals surface area contributed by atoms with Crippen LogP contribution in [0.1, 0.15) is 23.7 Å². The number of anilines is 1. The van der Waals surface area contributed by atoms with Crippen LogP contribution in [0, 0.1) is 6.92 Å². The predicted molar refractivity (Wildman–Crippen MR) is 57.2 cm³/mol. The number of nitrogens with two attached hydrogens (primary N) is 1. The molecule has 1 heterocycles. The minimum Gasteiger partial charge on any atom is -0.387 e. The molecule has 3 nitrogen and oxygen atoms in total. The number of hydrogen-bond donors (Lipinski definition) is 3. The minimum absolute atomic E-state index is 0.161. The second-order valence-corrected chi connectivity index (χ2v) is 3.91. The highest BCUT2D eigenvalue weighted by atomic mass is 16.3. The van der Waals surface area contributed by atoms with Crippen LogP contribution in [-0.2, 0) is 0 Å². The Labute approximate surface area is 83.9 Å². The van der Waals surface area contributed by atoms with Gasteiger partial charge in [0.1, 0.15) is 0 Å². The fraction of sp³-hybridized carbons (Fsp3) is 0.455. The van der Waals surface area contributed by atoms with Gasteiger partial charge in [-0.3, -0.25) is 0 Å². The van der Waals surface area contributed by atoms with Crippen molar-refractivity contribution in [1.82, 2.24) is 0 Å². The zero-order chi connectivity index (χ0) is 10.1. The molecule has 1 aromatic rings. The van der Waals surface area contributed by atoms with Crippen LogP contribution in [0.15, 0.2) is 18.2 Å². The molecule has 4 N–H and O–H groups in total. The van der Waals surface area contributed by atoms with E-state index in [-0.39, 0.29) is 6.04 Å². The van der Waals surface area contributed by atoms with Crippen molar-refractivity contribution >= 4 is 5.69 Å². The molecule has 0 saturated carbocycles. The molecular weight excluding hydrogens is 176 g/mol. The second-order valence-electron chi connectivity index (χ2n) is 3.91. The van der Waals surface area contributed by atoms with Crippen molar-refractivity contribution in [2.45, 2.75) is 25.5 Å². The van der Waals surface area contributed by atoms with Crippen molar-refractivity contribution < 1.29 is 5.11 Å². The molecule has 2 rings (SSSR count). The molecule has 3 heteroatoms. The van der Waals surface area contributed by atoms with Gasteiger partial charge in [-0.05, 0) is 25.0 Å². The van der Waals surface area contributed by atoms with E-state index in [1.54, 1.807) is 0 Å². The van der Waals surface area contributed by atoms with Crippen molar-refractivity contribution in [2.75, 3.05) is 11.9 Å². The monoisotopic (exact) mass is 192 g/mol. The summed E-state index contributed by atoms with van der Waals surface area (Å²) in [5, 5.41) is 13.2. The molecule has 2 atom stereocenters. The van der Waals surface area contributed by atoms with Gasteiger partial charge in [0.15, 0.2) is 0 Å². The first-order chi connectivity index (χ1) is 6.68. The number of benzene rings is 1. The van der Waals surface area contributed by atoms with Crippen LogP contribution in [0.4, 0.5) is 5.69 Å². The number of hydrogen-bond acceptors (Lipinski definition) is 3. The summed E-state index contributed by atoms with van der Waals surface area (Å²) in [4.78, 5) is 0. The van der Waals surface area contributed by atoms with E-state index in [2.05, 4.69) is 11.4 Å². The summed E-state index contributed by atoms with van der Waals surface area (Å²) in [6.45, 7) is 2.87. The summed E-state index contributed by atoms with van der Waals surface area (Å²) in [5.41, 5.74) is 8.97. The number of aliphatic hydroxyl groups excluding tert-OH is 1. The van der Waals surface area contributed by atoms with E-state index in [0.717, 1.165) is 24.2 Å². The Hall–Kier alpha value is -1.06. The molecule has 0 bridgehead atoms. The van der Waals surface area contributed by atoms with Gasteiger partial charge in [0.2, 0.25) is 0 Å². The summed E-state index contributed by atoms with van der Waals surface area (Å²) >= 11 is 0. The third-order valence-electron chi connectivity index (χ3n) is 2.73. The maximum Gasteiger partial charge on any atom is 0.0961 e. The van der Waals surface area contributed by atoms with Gasteiger partial charge in [-0.25, -0.2) is 0 Å². The molecule has 0 spiro atoms. The molecule has 1 aromatic carbocycles. The molecule has 2 unspecified atom stereocenters. The third kappa shape index (κ3) is 1.61. The van der Waals surface area contributed by atoms with Gasteiger partial charge in [0.05, 0.1) is 6.10 Å². The molecule has 76 valence electrons. The van der Waals surface area contributed by atoms with Crippen LogP contribution in [0.3, 0.4) is 0 Å². The summed E-state index contributed by atoms with van der Waals surface area (Å²) in [7, 11) is 0. The summed E-state index contributed by atoms with van der Waals surface area (Å²) in [6, 6.07) is 5.85. The van der Waals surface area contributed by atoms with E-state index in [9.17, 15) is 5.11 Å². The van der Waals surface area contributed by atoms with E-state index in [1.165, 1.54) is 5.56 Å². The Morgan fingerprint density at radius 1 is 1.50 bits per heavy atom. The molecule has 1 aliphatic rings. The van der Waals surface area contributed by atoms with Gasteiger partial charge in [-0.1, -0.05) is 12.1 Å². The Balaban J connectivity index is 2.43. The van der Waals surface area contributed by atoms with E-state index in [1.807, 2.05) is 19.1 Å². The molecule has 0 saturated heterocycles. The van der Waals surface area contributed by atoms with Crippen molar-refractivity contribution in [3.8, 4) is 0 Å². The number of aryl methyl sites for hydroxylation is 1. The Kier molecular flexibility index (Phi) is 2.44. The fourth-order valence-corrected chi connectivity index (χ4v) is 1.84. The highest BCUT2D eigenvalue weighted by Crippen LogP contribution is 2.29. The second kappa shape index (κ2) is 3.59. The maximum atomic E-state index is 9.94. The molecule has 0 aliphatic carbocycles. The van der Waals surface area contributed by atoms with Crippen LogP contribution < -0.4 is 11.1 Å². The largest absolute Gasteiger partial charge is 0.387 e. The van der Waals surface area contributed by atoms with E-state index >= 15 is 0 Å². The van der Waals surface area contributed by atoms with Gasteiger partial charge >= 0.3 is 0 Å². The van der Waals surface area contributed by atoms with E-state index in [4.69, 9.17) is 5.73 Å². The SMILES string of the molecule is Cc1ccc2c(c1)NCCC(N)C2O. The van der Waals surface area contributed by atoms with Crippen LogP contribution in [0.25, 0.3) is 0 Å². The topological polar surface area (TPSA) is 58.3 Å². The smallest absolute Gasteiger partial charge is 0.0961 e. The lowest BCUT2D eigenvalue weighted by Gasteiger charge is -2.16. The Morgan fingerprint density at radius 2 is 2.29 bits per heavy atom. The highest BCUT2D eigenvalue weighted by molar-refractivity contribution is 5.55. The summed E-state index contributed by atoms with van der Waals surface area (Å²) in [6.07, 6.45) is 0.259. The van der Waals surface area contributed by atoms with Crippen LogP contribution in [0.2, 0.25) is 0 Å². The molecule has 1 aliphatic heterocycles. The van der Waals surface area contributed by atoms with Crippen LogP contribution >= 0.6 is 0 Å². The Bertz CT molecular complexity index is 338. The van der Waals surface area contributed by atoms with Crippen molar-refractivity contribution in [1.29, 1.82) is 0 Å². The molecule has 0 amide bonds. The lowest BCUT2D eigenvalue weighted by Crippen LogP contribution is -2.28. The molecular formula is C11H16N2O. The van der Waals surface area contributed by atoms with Gasteiger partial charge in [0.25, 0.3) is 0 Å². The molecule has 14 heavy (non-hydrogen) atoms. The zero-order valence-corrected chi connectivity index (χ0v) is 8.33. The van der Waals surface area contributed by atoms with Gasteiger partial charge in [0, 0.05) is 23.8 Å². The third-order valence-corrected chi connectivity index (χ3v) is 2.73. The lowest BCUT2D eigenvalue weighted by molar-refractivity contribution is 0.146. The summed E-state index contributed by atoms with van der Waals surface area (Å²) < 4.78 is 0. The van der Waals surface area contributed by atoms with Crippen molar-refractivity contribution in [3.05, 3.63) is 29.3 Å². The van der Waals surface area contributed by atoms with Gasteiger partial charge < -0.3 is 16.2 Å². The average molecular weight is 192 g/mol. The zero-order valence-electron chi connectivity index (χ0n) is 8.33.